The van der Waals surface area contributed by atoms with Crippen LogP contribution in [-0.4, -0.2) is 42.5 Å². The lowest BCUT2D eigenvalue weighted by Crippen LogP contribution is -2.52. The maximum absolute atomic E-state index is 11.6. The third kappa shape index (κ3) is 4.19. The molecule has 4 heteroatoms. The van der Waals surface area contributed by atoms with Gasteiger partial charge in [0.15, 0.2) is 0 Å². The summed E-state index contributed by atoms with van der Waals surface area (Å²) in [6, 6.07) is 1.39. The van der Waals surface area contributed by atoms with Gasteiger partial charge in [-0.2, -0.15) is 0 Å². The Kier molecular flexibility index (Phi) is 6.30. The van der Waals surface area contributed by atoms with Gasteiger partial charge in [-0.25, -0.2) is 0 Å². The molecule has 0 bridgehead atoms. The van der Waals surface area contributed by atoms with Crippen molar-refractivity contribution in [1.82, 2.24) is 10.2 Å². The smallest absolute Gasteiger partial charge is 0.221 e. The molecule has 2 fully saturated rings. The third-order valence-corrected chi connectivity index (χ3v) is 5.17. The van der Waals surface area contributed by atoms with Crippen LogP contribution >= 0.6 is 0 Å². The first-order valence-corrected chi connectivity index (χ1v) is 8.45. The summed E-state index contributed by atoms with van der Waals surface area (Å²) in [5, 5.41) is 3.06. The summed E-state index contributed by atoms with van der Waals surface area (Å²) < 4.78 is 0. The molecule has 1 aliphatic heterocycles. The number of likely N-dealkylation sites (tertiary alicyclic amines) is 1. The van der Waals surface area contributed by atoms with Gasteiger partial charge in [-0.3, -0.25) is 9.69 Å². The Morgan fingerprint density at radius 2 is 1.95 bits per heavy atom. The second kappa shape index (κ2) is 7.99. The van der Waals surface area contributed by atoms with E-state index in [0.29, 0.717) is 24.9 Å². The zero-order valence-electron chi connectivity index (χ0n) is 12.9. The molecule has 0 radical (unpaired) electrons. The maximum Gasteiger partial charge on any atom is 0.221 e. The topological polar surface area (TPSA) is 58.4 Å². The molecule has 116 valence electrons. The summed E-state index contributed by atoms with van der Waals surface area (Å²) in [6.07, 6.45) is 9.92. The van der Waals surface area contributed by atoms with E-state index in [1.807, 2.05) is 0 Å². The molecule has 1 amide bonds. The van der Waals surface area contributed by atoms with E-state index >= 15 is 0 Å². The second-order valence-electron chi connectivity index (χ2n) is 6.52. The van der Waals surface area contributed by atoms with Crippen molar-refractivity contribution in [2.24, 2.45) is 11.7 Å². The molecule has 0 aromatic carbocycles. The number of hydrogen-bond acceptors (Lipinski definition) is 3. The molecular formula is C16H31N3O. The highest BCUT2D eigenvalue weighted by molar-refractivity contribution is 5.76. The van der Waals surface area contributed by atoms with Crippen molar-refractivity contribution in [3.05, 3.63) is 0 Å². The van der Waals surface area contributed by atoms with E-state index in [4.69, 9.17) is 5.73 Å². The number of nitrogens with one attached hydrogen (secondary N) is 1. The molecule has 1 aliphatic carbocycles. The molecule has 1 saturated carbocycles. The predicted octanol–water partition coefficient (Wildman–Crippen LogP) is 1.88. The van der Waals surface area contributed by atoms with Gasteiger partial charge in [-0.15, -0.1) is 0 Å². The van der Waals surface area contributed by atoms with Crippen LogP contribution in [0.15, 0.2) is 0 Å². The number of hydrogen-bond donors (Lipinski definition) is 2. The van der Waals surface area contributed by atoms with Gasteiger partial charge in [0.25, 0.3) is 0 Å². The molecule has 0 spiro atoms. The quantitative estimate of drug-likeness (QED) is 0.809. The summed E-state index contributed by atoms with van der Waals surface area (Å²) in [7, 11) is 0. The molecule has 0 aromatic heterocycles. The molecule has 3 N–H and O–H groups in total. The van der Waals surface area contributed by atoms with Crippen LogP contribution in [0.4, 0.5) is 0 Å². The Bertz CT molecular complexity index is 302. The number of rotatable bonds is 5. The van der Waals surface area contributed by atoms with Crippen molar-refractivity contribution in [3.8, 4) is 0 Å². The maximum atomic E-state index is 11.6. The van der Waals surface area contributed by atoms with Crippen molar-refractivity contribution in [1.29, 1.82) is 0 Å². The van der Waals surface area contributed by atoms with Crippen LogP contribution in [0.2, 0.25) is 0 Å². The number of nitrogens with zero attached hydrogens (tertiary/aromatic N) is 1. The molecule has 2 rings (SSSR count). The van der Waals surface area contributed by atoms with Crippen LogP contribution in [-0.2, 0) is 4.79 Å². The highest BCUT2D eigenvalue weighted by Crippen LogP contribution is 2.30. The van der Waals surface area contributed by atoms with Crippen molar-refractivity contribution in [2.45, 2.75) is 70.4 Å². The molecule has 2 atom stereocenters. The number of carbonyl (C=O) groups excluding carboxylic acids is 1. The van der Waals surface area contributed by atoms with Gasteiger partial charge in [0.2, 0.25) is 5.91 Å². The third-order valence-electron chi connectivity index (χ3n) is 5.17. The van der Waals surface area contributed by atoms with Crippen LogP contribution in [0.1, 0.15) is 58.3 Å². The predicted molar refractivity (Wildman–Crippen MR) is 82.4 cm³/mol. The average molecular weight is 281 g/mol. The second-order valence-corrected chi connectivity index (χ2v) is 6.52. The van der Waals surface area contributed by atoms with E-state index in [1.165, 1.54) is 51.5 Å². The van der Waals surface area contributed by atoms with E-state index < -0.39 is 0 Å². The Hall–Kier alpha value is -0.610. The Morgan fingerprint density at radius 1 is 1.20 bits per heavy atom. The Morgan fingerprint density at radius 3 is 2.65 bits per heavy atom. The summed E-state index contributed by atoms with van der Waals surface area (Å²) in [4.78, 5) is 14.3. The zero-order chi connectivity index (χ0) is 14.4. The first-order valence-electron chi connectivity index (χ1n) is 8.45. The molecule has 20 heavy (non-hydrogen) atoms. The van der Waals surface area contributed by atoms with Crippen LogP contribution in [0.5, 0.6) is 0 Å². The molecule has 4 nitrogen and oxygen atoms in total. The monoisotopic (exact) mass is 281 g/mol. The van der Waals surface area contributed by atoms with Gasteiger partial charge in [0, 0.05) is 31.6 Å². The van der Waals surface area contributed by atoms with Gasteiger partial charge in [0.05, 0.1) is 0 Å². The van der Waals surface area contributed by atoms with Crippen molar-refractivity contribution < 1.29 is 4.79 Å². The minimum Gasteiger partial charge on any atom is -0.356 e. The lowest BCUT2D eigenvalue weighted by molar-refractivity contribution is -0.121. The summed E-state index contributed by atoms with van der Waals surface area (Å²) in [5.41, 5.74) is 5.42. The van der Waals surface area contributed by atoms with Crippen LogP contribution in [0.25, 0.3) is 0 Å². The zero-order valence-corrected chi connectivity index (χ0v) is 12.9. The van der Waals surface area contributed by atoms with Gasteiger partial charge in [0.1, 0.15) is 0 Å². The molecule has 1 saturated heterocycles. The summed E-state index contributed by atoms with van der Waals surface area (Å²) in [5.74, 6) is 0.710. The van der Waals surface area contributed by atoms with Crippen LogP contribution in [0, 0.1) is 5.92 Å². The highest BCUT2D eigenvalue weighted by Gasteiger charge is 2.32. The van der Waals surface area contributed by atoms with Crippen molar-refractivity contribution in [3.63, 3.8) is 0 Å². The summed E-state index contributed by atoms with van der Waals surface area (Å²) >= 11 is 0. The van der Waals surface area contributed by atoms with Gasteiger partial charge in [-0.05, 0) is 45.1 Å². The van der Waals surface area contributed by atoms with Gasteiger partial charge < -0.3 is 11.1 Å². The van der Waals surface area contributed by atoms with Crippen molar-refractivity contribution >= 4 is 5.91 Å². The molecular weight excluding hydrogens is 250 g/mol. The Labute approximate surface area is 123 Å². The fourth-order valence-corrected chi connectivity index (χ4v) is 3.92. The number of carbonyl (C=O) groups is 1. The van der Waals surface area contributed by atoms with Crippen molar-refractivity contribution in [2.75, 3.05) is 19.6 Å². The standard InChI is InChI=1S/C16H31N3O/c1-13-14(12-18-16(20)9-10-17)6-5-11-19(13)15-7-3-2-4-8-15/h13-15H,2-12,17H2,1H3,(H,18,20)/t13?,14-/m1/s1. The highest BCUT2D eigenvalue weighted by atomic mass is 16.1. The van der Waals surface area contributed by atoms with Gasteiger partial charge >= 0.3 is 0 Å². The number of piperidine rings is 1. The molecule has 1 unspecified atom stereocenters. The lowest BCUT2D eigenvalue weighted by atomic mass is 9.85. The fraction of sp³-hybridized carbons (Fsp3) is 0.938. The number of nitrogens with two attached hydrogens (primary N) is 1. The summed E-state index contributed by atoms with van der Waals surface area (Å²) in [6.45, 7) is 4.87. The minimum absolute atomic E-state index is 0.106. The molecule has 0 aromatic rings. The lowest BCUT2D eigenvalue weighted by Gasteiger charge is -2.45. The number of amides is 1. The first-order chi connectivity index (χ1) is 9.72. The molecule has 2 aliphatic rings. The average Bonchev–Trinajstić information content (AvgIpc) is 2.47. The molecule has 1 heterocycles. The fourth-order valence-electron chi connectivity index (χ4n) is 3.92. The largest absolute Gasteiger partial charge is 0.356 e. The van der Waals surface area contributed by atoms with E-state index in [9.17, 15) is 4.79 Å². The van der Waals surface area contributed by atoms with E-state index in [-0.39, 0.29) is 5.91 Å². The SMILES string of the molecule is CC1[C@@H](CNC(=O)CCN)CCCN1C1CCCCC1. The minimum atomic E-state index is 0.106. The normalized spacial score (nSPS) is 29.3. The van der Waals surface area contributed by atoms with E-state index in [1.54, 1.807) is 0 Å². The first kappa shape index (κ1) is 15.8. The van der Waals surface area contributed by atoms with E-state index in [2.05, 4.69) is 17.1 Å². The van der Waals surface area contributed by atoms with Crippen LogP contribution in [0.3, 0.4) is 0 Å². The Balaban J connectivity index is 1.82. The van der Waals surface area contributed by atoms with Gasteiger partial charge in [-0.1, -0.05) is 19.3 Å². The van der Waals surface area contributed by atoms with E-state index in [0.717, 1.165) is 12.6 Å². The van der Waals surface area contributed by atoms with Crippen LogP contribution < -0.4 is 11.1 Å².